The molecule has 4 nitrogen and oxygen atoms in total. The van der Waals surface area contributed by atoms with Crippen LogP contribution in [0, 0.1) is 10.1 Å². The first-order chi connectivity index (χ1) is 6.91. The molecule has 82 valence electrons. The molecule has 0 aliphatic carbocycles. The molecule has 0 aliphatic rings. The van der Waals surface area contributed by atoms with E-state index >= 15 is 0 Å². The topological polar surface area (TPSA) is 63.4 Å². The summed E-state index contributed by atoms with van der Waals surface area (Å²) in [7, 11) is 0. The molecule has 15 heavy (non-hydrogen) atoms. The van der Waals surface area contributed by atoms with Crippen LogP contribution in [-0.4, -0.2) is 16.1 Å². The van der Waals surface area contributed by atoms with Gasteiger partial charge < -0.3 is 5.11 Å². The summed E-state index contributed by atoms with van der Waals surface area (Å²) in [5.74, 6) is 0. The minimum atomic E-state index is -0.666. The quantitative estimate of drug-likeness (QED) is 0.662. The van der Waals surface area contributed by atoms with Crippen molar-refractivity contribution in [3.8, 4) is 0 Å². The summed E-state index contributed by atoms with van der Waals surface area (Å²) in [6.45, 7) is 1.55. The van der Waals surface area contributed by atoms with E-state index in [9.17, 15) is 15.2 Å². The van der Waals surface area contributed by atoms with E-state index in [1.807, 2.05) is 0 Å². The molecule has 6 heteroatoms. The van der Waals surface area contributed by atoms with Crippen molar-refractivity contribution in [1.29, 1.82) is 0 Å². The summed E-state index contributed by atoms with van der Waals surface area (Å²) in [6.07, 6.45) is -0.492. The fourth-order valence-corrected chi connectivity index (χ4v) is 1.57. The Morgan fingerprint density at radius 1 is 1.47 bits per heavy atom. The zero-order chi connectivity index (χ0) is 11.6. The smallest absolute Gasteiger partial charge is 0.274 e. The van der Waals surface area contributed by atoms with E-state index in [2.05, 4.69) is 0 Å². The van der Waals surface area contributed by atoms with Gasteiger partial charge in [-0.25, -0.2) is 0 Å². The highest BCUT2D eigenvalue weighted by Gasteiger charge is 2.17. The molecule has 0 saturated carbocycles. The van der Waals surface area contributed by atoms with Gasteiger partial charge in [0.15, 0.2) is 0 Å². The van der Waals surface area contributed by atoms with Gasteiger partial charge in [0.25, 0.3) is 5.69 Å². The maximum Gasteiger partial charge on any atom is 0.274 e. The first-order valence-corrected chi connectivity index (χ1v) is 4.97. The van der Waals surface area contributed by atoms with Crippen molar-refractivity contribution in [2.75, 3.05) is 0 Å². The van der Waals surface area contributed by atoms with E-state index in [0.29, 0.717) is 5.56 Å². The fraction of sp³-hybridized carbons (Fsp3) is 0.333. The standard InChI is InChI=1S/C9H9Cl2NO3/c1-5(13)2-6-3-7(10)8(11)4-9(6)12(14)15/h3-5,13H,2H2,1H3. The number of hydrogen-bond acceptors (Lipinski definition) is 3. The summed E-state index contributed by atoms with van der Waals surface area (Å²) in [6, 6.07) is 2.61. The molecule has 0 fully saturated rings. The molecule has 1 unspecified atom stereocenters. The second-order valence-corrected chi connectivity index (χ2v) is 4.02. The molecule has 0 aromatic heterocycles. The number of nitrogens with zero attached hydrogens (tertiary/aromatic N) is 1. The Morgan fingerprint density at radius 2 is 2.00 bits per heavy atom. The Morgan fingerprint density at radius 3 is 2.47 bits per heavy atom. The van der Waals surface area contributed by atoms with Crippen molar-refractivity contribution in [2.24, 2.45) is 0 Å². The van der Waals surface area contributed by atoms with Crippen LogP contribution in [0.25, 0.3) is 0 Å². The van der Waals surface area contributed by atoms with Crippen LogP contribution in [0.15, 0.2) is 12.1 Å². The average Bonchev–Trinajstić information content (AvgIpc) is 2.09. The normalized spacial score (nSPS) is 12.5. The van der Waals surface area contributed by atoms with Crippen molar-refractivity contribution in [1.82, 2.24) is 0 Å². The fourth-order valence-electron chi connectivity index (χ4n) is 1.23. The van der Waals surface area contributed by atoms with Gasteiger partial charge in [0.05, 0.1) is 21.1 Å². The molecule has 1 N–H and O–H groups in total. The maximum absolute atomic E-state index is 10.7. The summed E-state index contributed by atoms with van der Waals surface area (Å²) in [5.41, 5.74) is 0.259. The molecule has 0 spiro atoms. The number of rotatable bonds is 3. The summed E-state index contributed by atoms with van der Waals surface area (Å²) in [4.78, 5) is 10.1. The predicted molar refractivity (Wildman–Crippen MR) is 58.5 cm³/mol. The number of aliphatic hydroxyl groups is 1. The first kappa shape index (κ1) is 12.2. The molecule has 0 amide bonds. The van der Waals surface area contributed by atoms with E-state index in [4.69, 9.17) is 23.2 Å². The van der Waals surface area contributed by atoms with E-state index < -0.39 is 11.0 Å². The predicted octanol–water partition coefficient (Wildman–Crippen LogP) is 2.82. The monoisotopic (exact) mass is 249 g/mol. The van der Waals surface area contributed by atoms with Gasteiger partial charge in [0.1, 0.15) is 0 Å². The molecule has 1 aromatic carbocycles. The maximum atomic E-state index is 10.7. The first-order valence-electron chi connectivity index (χ1n) is 4.22. The molecular formula is C9H9Cl2NO3. The Kier molecular flexibility index (Phi) is 3.90. The molecule has 1 atom stereocenters. The van der Waals surface area contributed by atoms with Crippen molar-refractivity contribution < 1.29 is 10.0 Å². The summed E-state index contributed by atoms with van der Waals surface area (Å²) < 4.78 is 0. The lowest BCUT2D eigenvalue weighted by atomic mass is 10.1. The van der Waals surface area contributed by atoms with Crippen molar-refractivity contribution in [3.63, 3.8) is 0 Å². The van der Waals surface area contributed by atoms with Gasteiger partial charge in [-0.15, -0.1) is 0 Å². The van der Waals surface area contributed by atoms with Gasteiger partial charge in [-0.1, -0.05) is 23.2 Å². The van der Waals surface area contributed by atoms with E-state index in [0.717, 1.165) is 0 Å². The lowest BCUT2D eigenvalue weighted by Gasteiger charge is -2.06. The number of benzene rings is 1. The molecule has 0 radical (unpaired) electrons. The van der Waals surface area contributed by atoms with E-state index in [-0.39, 0.29) is 22.2 Å². The summed E-state index contributed by atoms with van der Waals surface area (Å²) in [5, 5.41) is 20.2. The zero-order valence-corrected chi connectivity index (χ0v) is 9.42. The Labute approximate surface area is 96.6 Å². The number of halogens is 2. The number of hydrogen-bond donors (Lipinski definition) is 1. The SMILES string of the molecule is CC(O)Cc1cc(Cl)c(Cl)cc1[N+](=O)[O-]. The van der Waals surface area contributed by atoms with Gasteiger partial charge in [0.2, 0.25) is 0 Å². The molecule has 0 bridgehead atoms. The van der Waals surface area contributed by atoms with Crippen LogP contribution in [0.1, 0.15) is 12.5 Å². The second kappa shape index (κ2) is 4.79. The molecule has 1 aromatic rings. The van der Waals surface area contributed by atoms with Crippen molar-refractivity contribution in [3.05, 3.63) is 37.9 Å². The van der Waals surface area contributed by atoms with Crippen molar-refractivity contribution >= 4 is 28.9 Å². The van der Waals surface area contributed by atoms with Gasteiger partial charge in [0, 0.05) is 18.1 Å². The molecule has 0 saturated heterocycles. The lowest BCUT2D eigenvalue weighted by Crippen LogP contribution is -2.06. The largest absolute Gasteiger partial charge is 0.393 e. The minimum Gasteiger partial charge on any atom is -0.393 e. The van der Waals surface area contributed by atoms with E-state index in [1.165, 1.54) is 12.1 Å². The van der Waals surface area contributed by atoms with Crippen LogP contribution in [0.3, 0.4) is 0 Å². The third-order valence-corrected chi connectivity index (χ3v) is 2.56. The molecule has 0 aliphatic heterocycles. The Balaban J connectivity index is 3.22. The second-order valence-electron chi connectivity index (χ2n) is 3.21. The molecular weight excluding hydrogens is 241 g/mol. The van der Waals surface area contributed by atoms with Crippen LogP contribution < -0.4 is 0 Å². The highest BCUT2D eigenvalue weighted by atomic mass is 35.5. The average molecular weight is 250 g/mol. The Hall–Kier alpha value is -0.840. The van der Waals surface area contributed by atoms with Crippen LogP contribution in [-0.2, 0) is 6.42 Å². The van der Waals surface area contributed by atoms with Crippen LogP contribution in [0.2, 0.25) is 10.0 Å². The third kappa shape index (κ3) is 3.06. The Bertz CT molecular complexity index is 393. The summed E-state index contributed by atoms with van der Waals surface area (Å²) >= 11 is 11.4. The van der Waals surface area contributed by atoms with Crippen LogP contribution in [0.4, 0.5) is 5.69 Å². The highest BCUT2D eigenvalue weighted by molar-refractivity contribution is 6.42. The van der Waals surface area contributed by atoms with Crippen LogP contribution in [0.5, 0.6) is 0 Å². The third-order valence-electron chi connectivity index (χ3n) is 1.83. The van der Waals surface area contributed by atoms with Crippen LogP contribution >= 0.6 is 23.2 Å². The number of nitro groups is 1. The zero-order valence-electron chi connectivity index (χ0n) is 7.91. The van der Waals surface area contributed by atoms with Gasteiger partial charge in [-0.2, -0.15) is 0 Å². The van der Waals surface area contributed by atoms with Gasteiger partial charge in [-0.05, 0) is 13.0 Å². The minimum absolute atomic E-state index is 0.120. The molecule has 1 rings (SSSR count). The van der Waals surface area contributed by atoms with E-state index in [1.54, 1.807) is 6.92 Å². The van der Waals surface area contributed by atoms with Crippen molar-refractivity contribution in [2.45, 2.75) is 19.4 Å². The highest BCUT2D eigenvalue weighted by Crippen LogP contribution is 2.31. The lowest BCUT2D eigenvalue weighted by molar-refractivity contribution is -0.385. The number of aliphatic hydroxyl groups excluding tert-OH is 1. The van der Waals surface area contributed by atoms with Gasteiger partial charge >= 0.3 is 0 Å². The van der Waals surface area contributed by atoms with Gasteiger partial charge in [-0.3, -0.25) is 10.1 Å². The number of nitro benzene ring substituents is 1. The molecule has 0 heterocycles.